The predicted molar refractivity (Wildman–Crippen MR) is 58.6 cm³/mol. The third-order valence-electron chi connectivity index (χ3n) is 1.88. The lowest BCUT2D eigenvalue weighted by Gasteiger charge is -2.18. The van der Waals surface area contributed by atoms with Gasteiger partial charge in [0.25, 0.3) is 0 Å². The predicted octanol–water partition coefficient (Wildman–Crippen LogP) is 1.13. The van der Waals surface area contributed by atoms with Crippen molar-refractivity contribution in [2.45, 2.75) is 0 Å². The van der Waals surface area contributed by atoms with Gasteiger partial charge in [-0.05, 0) is 18.2 Å². The van der Waals surface area contributed by atoms with Crippen molar-refractivity contribution in [3.63, 3.8) is 0 Å². The molecule has 0 aliphatic rings. The molecule has 1 amide bonds. The highest BCUT2D eigenvalue weighted by molar-refractivity contribution is 6.33. The molecule has 0 spiro atoms. The van der Waals surface area contributed by atoms with E-state index in [1.807, 2.05) is 6.07 Å². The smallest absolute Gasteiger partial charge is 0.236 e. The zero-order valence-electron chi connectivity index (χ0n) is 8.20. The minimum absolute atomic E-state index is 0.0889. The van der Waals surface area contributed by atoms with Gasteiger partial charge in [0.05, 0.1) is 28.9 Å². The SMILES string of the molecule is CN(CC(N)=O)c1ccc(C#N)cc1Cl. The van der Waals surface area contributed by atoms with Crippen LogP contribution in [-0.2, 0) is 4.79 Å². The van der Waals surface area contributed by atoms with Crippen LogP contribution in [0.25, 0.3) is 0 Å². The molecule has 1 aromatic rings. The Morgan fingerprint density at radius 3 is 2.80 bits per heavy atom. The highest BCUT2D eigenvalue weighted by Crippen LogP contribution is 2.25. The molecule has 0 atom stereocenters. The van der Waals surface area contributed by atoms with Gasteiger partial charge in [-0.25, -0.2) is 0 Å². The molecule has 0 unspecified atom stereocenters. The molecule has 0 radical (unpaired) electrons. The molecule has 0 bridgehead atoms. The van der Waals surface area contributed by atoms with E-state index in [9.17, 15) is 4.79 Å². The molecule has 1 aromatic carbocycles. The molecule has 0 aromatic heterocycles. The number of amides is 1. The molecule has 4 nitrogen and oxygen atoms in total. The number of nitriles is 1. The van der Waals surface area contributed by atoms with Crippen molar-refractivity contribution in [3.8, 4) is 6.07 Å². The van der Waals surface area contributed by atoms with Crippen LogP contribution in [-0.4, -0.2) is 19.5 Å². The average Bonchev–Trinajstić information content (AvgIpc) is 2.16. The number of hydrogen-bond donors (Lipinski definition) is 1. The van der Waals surface area contributed by atoms with E-state index in [1.54, 1.807) is 30.1 Å². The Morgan fingerprint density at radius 2 is 2.33 bits per heavy atom. The lowest BCUT2D eigenvalue weighted by molar-refractivity contribution is -0.116. The van der Waals surface area contributed by atoms with E-state index < -0.39 is 5.91 Å². The Labute approximate surface area is 92.8 Å². The van der Waals surface area contributed by atoms with Gasteiger partial charge in [0, 0.05) is 7.05 Å². The number of nitrogens with zero attached hydrogens (tertiary/aromatic N) is 2. The van der Waals surface area contributed by atoms with E-state index in [4.69, 9.17) is 22.6 Å². The summed E-state index contributed by atoms with van der Waals surface area (Å²) in [5.74, 6) is -0.432. The van der Waals surface area contributed by atoms with Crippen LogP contribution in [0.2, 0.25) is 5.02 Å². The van der Waals surface area contributed by atoms with Gasteiger partial charge < -0.3 is 10.6 Å². The summed E-state index contributed by atoms with van der Waals surface area (Å²) in [7, 11) is 1.71. The van der Waals surface area contributed by atoms with Crippen molar-refractivity contribution < 1.29 is 4.79 Å². The summed E-state index contributed by atoms with van der Waals surface area (Å²) < 4.78 is 0. The van der Waals surface area contributed by atoms with Gasteiger partial charge in [-0.1, -0.05) is 11.6 Å². The average molecular weight is 224 g/mol. The van der Waals surface area contributed by atoms with Crippen molar-refractivity contribution in [3.05, 3.63) is 28.8 Å². The number of anilines is 1. The van der Waals surface area contributed by atoms with Crippen molar-refractivity contribution in [2.75, 3.05) is 18.5 Å². The second-order valence-electron chi connectivity index (χ2n) is 3.10. The van der Waals surface area contributed by atoms with Gasteiger partial charge in [0.1, 0.15) is 0 Å². The van der Waals surface area contributed by atoms with Gasteiger partial charge in [-0.2, -0.15) is 5.26 Å². The number of halogens is 1. The van der Waals surface area contributed by atoms with Crippen LogP contribution in [0, 0.1) is 11.3 Å². The zero-order chi connectivity index (χ0) is 11.4. The number of benzene rings is 1. The molecule has 0 fully saturated rings. The monoisotopic (exact) mass is 223 g/mol. The van der Waals surface area contributed by atoms with Crippen molar-refractivity contribution in [1.29, 1.82) is 5.26 Å². The van der Waals surface area contributed by atoms with Crippen molar-refractivity contribution in [2.24, 2.45) is 5.73 Å². The summed E-state index contributed by atoms with van der Waals surface area (Å²) in [6, 6.07) is 6.85. The fourth-order valence-corrected chi connectivity index (χ4v) is 1.53. The van der Waals surface area contributed by atoms with Gasteiger partial charge in [0.15, 0.2) is 0 Å². The highest BCUT2D eigenvalue weighted by Gasteiger charge is 2.08. The second kappa shape index (κ2) is 4.67. The number of likely N-dealkylation sites (N-methyl/N-ethyl adjacent to an activating group) is 1. The van der Waals surface area contributed by atoms with Gasteiger partial charge >= 0.3 is 0 Å². The topological polar surface area (TPSA) is 70.1 Å². The standard InChI is InChI=1S/C10H10ClN3O/c1-14(6-10(13)15)9-3-2-7(5-12)4-8(9)11/h2-4H,6H2,1H3,(H2,13,15). The number of carbonyl (C=O) groups excluding carboxylic acids is 1. The van der Waals surface area contributed by atoms with Crippen molar-refractivity contribution in [1.82, 2.24) is 0 Å². The molecule has 0 heterocycles. The fraction of sp³-hybridized carbons (Fsp3) is 0.200. The molecule has 0 aliphatic carbocycles. The molecular weight excluding hydrogens is 214 g/mol. The number of carbonyl (C=O) groups is 1. The summed E-state index contributed by atoms with van der Waals surface area (Å²) >= 11 is 5.94. The summed E-state index contributed by atoms with van der Waals surface area (Å²) in [4.78, 5) is 12.3. The maximum atomic E-state index is 10.7. The lowest BCUT2D eigenvalue weighted by atomic mass is 10.2. The first-order chi connectivity index (χ1) is 7.04. The Balaban J connectivity index is 2.96. The zero-order valence-corrected chi connectivity index (χ0v) is 8.95. The van der Waals surface area contributed by atoms with E-state index in [1.165, 1.54) is 0 Å². The Kier molecular flexibility index (Phi) is 3.53. The van der Waals surface area contributed by atoms with Crippen LogP contribution in [0.1, 0.15) is 5.56 Å². The maximum Gasteiger partial charge on any atom is 0.236 e. The molecule has 0 aliphatic heterocycles. The largest absolute Gasteiger partial charge is 0.368 e. The highest BCUT2D eigenvalue weighted by atomic mass is 35.5. The summed E-state index contributed by atoms with van der Waals surface area (Å²) in [6.07, 6.45) is 0. The first-order valence-electron chi connectivity index (χ1n) is 4.23. The minimum atomic E-state index is -0.432. The molecule has 5 heteroatoms. The van der Waals surface area contributed by atoms with E-state index >= 15 is 0 Å². The minimum Gasteiger partial charge on any atom is -0.368 e. The van der Waals surface area contributed by atoms with Crippen LogP contribution < -0.4 is 10.6 Å². The van der Waals surface area contributed by atoms with E-state index in [-0.39, 0.29) is 6.54 Å². The van der Waals surface area contributed by atoms with E-state index in [0.29, 0.717) is 16.3 Å². The lowest BCUT2D eigenvalue weighted by Crippen LogP contribution is -2.30. The summed E-state index contributed by atoms with van der Waals surface area (Å²) in [5, 5.41) is 9.07. The molecule has 1 rings (SSSR count). The maximum absolute atomic E-state index is 10.7. The normalized spacial score (nSPS) is 9.40. The van der Waals surface area contributed by atoms with Gasteiger partial charge in [0.2, 0.25) is 5.91 Å². The number of nitrogens with two attached hydrogens (primary N) is 1. The van der Waals surface area contributed by atoms with E-state index in [2.05, 4.69) is 0 Å². The van der Waals surface area contributed by atoms with Crippen LogP contribution in [0.5, 0.6) is 0 Å². The Morgan fingerprint density at radius 1 is 1.67 bits per heavy atom. The van der Waals surface area contributed by atoms with Crippen LogP contribution in [0.4, 0.5) is 5.69 Å². The molecule has 15 heavy (non-hydrogen) atoms. The number of rotatable bonds is 3. The molecule has 0 saturated heterocycles. The Hall–Kier alpha value is -1.73. The van der Waals surface area contributed by atoms with Crippen molar-refractivity contribution >= 4 is 23.2 Å². The molecule has 2 N–H and O–H groups in total. The third kappa shape index (κ3) is 2.86. The van der Waals surface area contributed by atoms with Gasteiger partial charge in [-0.3, -0.25) is 4.79 Å². The van der Waals surface area contributed by atoms with E-state index in [0.717, 1.165) is 0 Å². The number of hydrogen-bond acceptors (Lipinski definition) is 3. The molecule has 0 saturated carbocycles. The van der Waals surface area contributed by atoms with Crippen LogP contribution >= 0.6 is 11.6 Å². The quantitative estimate of drug-likeness (QED) is 0.835. The number of primary amides is 1. The van der Waals surface area contributed by atoms with Crippen LogP contribution in [0.3, 0.4) is 0 Å². The summed E-state index contributed by atoms with van der Waals surface area (Å²) in [6.45, 7) is 0.0889. The first-order valence-corrected chi connectivity index (χ1v) is 4.61. The van der Waals surface area contributed by atoms with Crippen LogP contribution in [0.15, 0.2) is 18.2 Å². The second-order valence-corrected chi connectivity index (χ2v) is 3.51. The van der Waals surface area contributed by atoms with Gasteiger partial charge in [-0.15, -0.1) is 0 Å². The molecule has 78 valence electrons. The Bertz CT molecular complexity index is 425. The molecular formula is C10H10ClN3O. The third-order valence-corrected chi connectivity index (χ3v) is 2.18. The first kappa shape index (κ1) is 11.3. The summed E-state index contributed by atoms with van der Waals surface area (Å²) in [5.41, 5.74) is 6.22. The fourth-order valence-electron chi connectivity index (χ4n) is 1.20.